The van der Waals surface area contributed by atoms with Gasteiger partial charge in [-0.1, -0.05) is 42.5 Å². The Labute approximate surface area is 108 Å². The van der Waals surface area contributed by atoms with E-state index < -0.39 is 0 Å². The van der Waals surface area contributed by atoms with Crippen molar-refractivity contribution in [1.29, 1.82) is 0 Å². The molecule has 96 valence electrons. The summed E-state index contributed by atoms with van der Waals surface area (Å²) in [6.45, 7) is 2.24. The lowest BCUT2D eigenvalue weighted by Gasteiger charge is -2.23. The van der Waals surface area contributed by atoms with Crippen molar-refractivity contribution in [3.05, 3.63) is 47.8 Å². The Hall–Kier alpha value is -1.68. The van der Waals surface area contributed by atoms with Gasteiger partial charge in [0, 0.05) is 19.3 Å². The maximum atomic E-state index is 4.15. The van der Waals surface area contributed by atoms with Crippen LogP contribution in [0.15, 0.2) is 36.5 Å². The van der Waals surface area contributed by atoms with E-state index >= 15 is 0 Å². The second kappa shape index (κ2) is 5.78. The van der Waals surface area contributed by atoms with Gasteiger partial charge in [-0.2, -0.15) is 0 Å². The Morgan fingerprint density at radius 1 is 1.28 bits per heavy atom. The van der Waals surface area contributed by atoms with Gasteiger partial charge in [0.05, 0.1) is 5.69 Å². The zero-order valence-corrected chi connectivity index (χ0v) is 11.2. The molecule has 0 aliphatic carbocycles. The van der Waals surface area contributed by atoms with Gasteiger partial charge in [0.2, 0.25) is 0 Å². The van der Waals surface area contributed by atoms with Crippen molar-refractivity contribution < 1.29 is 0 Å². The highest BCUT2D eigenvalue weighted by Gasteiger charge is 2.18. The first-order valence-electron chi connectivity index (χ1n) is 6.28. The Morgan fingerprint density at radius 3 is 2.56 bits per heavy atom. The lowest BCUT2D eigenvalue weighted by Crippen LogP contribution is -2.25. The number of rotatable bonds is 5. The Bertz CT molecular complexity index is 478. The molecule has 0 radical (unpaired) electrons. The molecule has 2 rings (SSSR count). The predicted octanol–water partition coefficient (Wildman–Crippen LogP) is 1.95. The molecule has 0 aliphatic rings. The van der Waals surface area contributed by atoms with Gasteiger partial charge in [-0.25, -0.2) is 0 Å². The molecule has 0 fully saturated rings. The summed E-state index contributed by atoms with van der Waals surface area (Å²) in [5, 5.41) is 11.5. The van der Waals surface area contributed by atoms with Crippen LogP contribution in [0.4, 0.5) is 0 Å². The number of hydrogen-bond donors (Lipinski definition) is 1. The molecule has 0 bridgehead atoms. The molecular weight excluding hydrogens is 224 g/mol. The fourth-order valence-electron chi connectivity index (χ4n) is 2.38. The van der Waals surface area contributed by atoms with Gasteiger partial charge in [-0.15, -0.1) is 5.10 Å². The minimum Gasteiger partial charge on any atom is -0.313 e. The van der Waals surface area contributed by atoms with Crippen LogP contribution >= 0.6 is 0 Å². The molecule has 1 aromatic heterocycles. The van der Waals surface area contributed by atoms with Crippen LogP contribution in [0.5, 0.6) is 0 Å². The Balaban J connectivity index is 2.08. The highest BCUT2D eigenvalue weighted by molar-refractivity contribution is 5.19. The molecule has 1 N–H and O–H groups in total. The largest absolute Gasteiger partial charge is 0.313 e. The third-order valence-electron chi connectivity index (χ3n) is 3.22. The second-order valence-electron chi connectivity index (χ2n) is 4.74. The number of benzene rings is 1. The SMILES string of the molecule is CNC(c1ccccc1)C(C)Cc1cn(C)nn1. The first kappa shape index (κ1) is 12.8. The molecule has 18 heavy (non-hydrogen) atoms. The van der Waals surface area contributed by atoms with Crippen LogP contribution in [0.1, 0.15) is 24.2 Å². The number of aryl methyl sites for hydroxylation is 1. The van der Waals surface area contributed by atoms with Gasteiger partial charge in [0.25, 0.3) is 0 Å². The molecule has 2 atom stereocenters. The third-order valence-corrected chi connectivity index (χ3v) is 3.22. The molecular formula is C14H20N4. The van der Waals surface area contributed by atoms with Gasteiger partial charge < -0.3 is 5.32 Å². The van der Waals surface area contributed by atoms with E-state index in [1.807, 2.05) is 26.4 Å². The molecule has 2 aromatic rings. The van der Waals surface area contributed by atoms with Crippen LogP contribution in [0.25, 0.3) is 0 Å². The standard InChI is InChI=1S/C14H20N4/c1-11(9-13-10-18(3)17-16-13)14(15-2)12-7-5-4-6-8-12/h4-8,10-11,14-15H,9H2,1-3H3. The molecule has 0 saturated heterocycles. The average Bonchev–Trinajstić information content (AvgIpc) is 2.77. The summed E-state index contributed by atoms with van der Waals surface area (Å²) >= 11 is 0. The predicted molar refractivity (Wildman–Crippen MR) is 72.1 cm³/mol. The van der Waals surface area contributed by atoms with Crippen LogP contribution in [-0.2, 0) is 13.5 Å². The molecule has 0 spiro atoms. The minimum absolute atomic E-state index is 0.341. The third kappa shape index (κ3) is 2.96. The molecule has 1 aromatic carbocycles. The zero-order chi connectivity index (χ0) is 13.0. The summed E-state index contributed by atoms with van der Waals surface area (Å²) in [5.74, 6) is 0.467. The highest BCUT2D eigenvalue weighted by Crippen LogP contribution is 2.23. The lowest BCUT2D eigenvalue weighted by atomic mass is 9.91. The quantitative estimate of drug-likeness (QED) is 0.874. The normalized spacial score (nSPS) is 14.4. The molecule has 1 heterocycles. The fourth-order valence-corrected chi connectivity index (χ4v) is 2.38. The Morgan fingerprint density at radius 2 is 2.00 bits per heavy atom. The second-order valence-corrected chi connectivity index (χ2v) is 4.74. The van der Waals surface area contributed by atoms with Crippen molar-refractivity contribution in [2.75, 3.05) is 7.05 Å². The summed E-state index contributed by atoms with van der Waals surface area (Å²) in [6, 6.07) is 10.9. The number of nitrogens with zero attached hydrogens (tertiary/aromatic N) is 3. The van der Waals surface area contributed by atoms with E-state index in [2.05, 4.69) is 46.8 Å². The van der Waals surface area contributed by atoms with Crippen LogP contribution in [0.2, 0.25) is 0 Å². The van der Waals surface area contributed by atoms with E-state index in [1.54, 1.807) is 4.68 Å². The van der Waals surface area contributed by atoms with E-state index in [0.29, 0.717) is 12.0 Å². The van der Waals surface area contributed by atoms with Gasteiger partial charge >= 0.3 is 0 Å². The van der Waals surface area contributed by atoms with Crippen molar-refractivity contribution in [2.24, 2.45) is 13.0 Å². The monoisotopic (exact) mass is 244 g/mol. The molecule has 0 amide bonds. The van der Waals surface area contributed by atoms with E-state index in [0.717, 1.165) is 12.1 Å². The smallest absolute Gasteiger partial charge is 0.0830 e. The number of aromatic nitrogens is 3. The van der Waals surface area contributed by atoms with Gasteiger partial charge in [0.1, 0.15) is 0 Å². The van der Waals surface area contributed by atoms with E-state index in [9.17, 15) is 0 Å². The zero-order valence-electron chi connectivity index (χ0n) is 11.2. The molecule has 0 aliphatic heterocycles. The maximum Gasteiger partial charge on any atom is 0.0830 e. The fraction of sp³-hybridized carbons (Fsp3) is 0.429. The van der Waals surface area contributed by atoms with Gasteiger partial charge in [-0.3, -0.25) is 4.68 Å². The van der Waals surface area contributed by atoms with Crippen molar-refractivity contribution in [3.8, 4) is 0 Å². The summed E-state index contributed by atoms with van der Waals surface area (Å²) in [4.78, 5) is 0. The molecule has 4 nitrogen and oxygen atoms in total. The topological polar surface area (TPSA) is 42.7 Å². The van der Waals surface area contributed by atoms with E-state index in [1.165, 1.54) is 5.56 Å². The van der Waals surface area contributed by atoms with Gasteiger partial charge in [-0.05, 0) is 24.9 Å². The first-order valence-corrected chi connectivity index (χ1v) is 6.28. The minimum atomic E-state index is 0.341. The van der Waals surface area contributed by atoms with Crippen LogP contribution in [0.3, 0.4) is 0 Å². The first-order chi connectivity index (χ1) is 8.70. The van der Waals surface area contributed by atoms with E-state index in [4.69, 9.17) is 0 Å². The van der Waals surface area contributed by atoms with Crippen LogP contribution in [0, 0.1) is 5.92 Å². The van der Waals surface area contributed by atoms with Crippen molar-refractivity contribution in [1.82, 2.24) is 20.3 Å². The number of hydrogen-bond acceptors (Lipinski definition) is 3. The molecule has 0 saturated carbocycles. The summed E-state index contributed by atoms with van der Waals surface area (Å²) in [7, 11) is 3.90. The lowest BCUT2D eigenvalue weighted by molar-refractivity contribution is 0.406. The summed E-state index contributed by atoms with van der Waals surface area (Å²) in [6.07, 6.45) is 2.91. The molecule has 4 heteroatoms. The van der Waals surface area contributed by atoms with Crippen LogP contribution < -0.4 is 5.32 Å². The molecule has 2 unspecified atom stereocenters. The van der Waals surface area contributed by atoms with Crippen molar-refractivity contribution in [3.63, 3.8) is 0 Å². The van der Waals surface area contributed by atoms with Crippen molar-refractivity contribution in [2.45, 2.75) is 19.4 Å². The Kier molecular flexibility index (Phi) is 4.10. The van der Waals surface area contributed by atoms with Crippen molar-refractivity contribution >= 4 is 0 Å². The van der Waals surface area contributed by atoms with Crippen LogP contribution in [-0.4, -0.2) is 22.0 Å². The maximum absolute atomic E-state index is 4.15. The average molecular weight is 244 g/mol. The summed E-state index contributed by atoms with van der Waals surface area (Å²) < 4.78 is 1.75. The van der Waals surface area contributed by atoms with Gasteiger partial charge in [0.15, 0.2) is 0 Å². The summed E-state index contributed by atoms with van der Waals surface area (Å²) in [5.41, 5.74) is 2.36. The van der Waals surface area contributed by atoms with E-state index in [-0.39, 0.29) is 0 Å². The number of nitrogens with one attached hydrogen (secondary N) is 1. The highest BCUT2D eigenvalue weighted by atomic mass is 15.4.